The van der Waals surface area contributed by atoms with Gasteiger partial charge in [0.1, 0.15) is 0 Å². The second-order valence-corrected chi connectivity index (χ2v) is 7.00. The lowest BCUT2D eigenvalue weighted by Crippen LogP contribution is -1.81. The Morgan fingerprint density at radius 1 is 0.773 bits per heavy atom. The first-order chi connectivity index (χ1) is 10.9. The fourth-order valence-corrected chi connectivity index (χ4v) is 4.08. The molecule has 0 spiro atoms. The van der Waals surface area contributed by atoms with Crippen molar-refractivity contribution < 1.29 is 0 Å². The monoisotopic (exact) mass is 319 g/mol. The second kappa shape index (κ2) is 5.87. The molecule has 3 heteroatoms. The average molecular weight is 319 g/mol. The molecular weight excluding hydrogens is 306 g/mol. The van der Waals surface area contributed by atoms with E-state index in [-0.39, 0.29) is 0 Å². The first-order valence-electron chi connectivity index (χ1n) is 7.06. The highest BCUT2D eigenvalue weighted by molar-refractivity contribution is 7.21. The third-order valence-electron chi connectivity index (χ3n) is 3.43. The van der Waals surface area contributed by atoms with Gasteiger partial charge in [-0.1, -0.05) is 30.3 Å². The smallest absolute Gasteiger partial charge is 0.0709 e. The summed E-state index contributed by atoms with van der Waals surface area (Å²) >= 11 is 3.59. The van der Waals surface area contributed by atoms with Gasteiger partial charge in [-0.3, -0.25) is 0 Å². The number of para-hydroxylation sites is 1. The van der Waals surface area contributed by atoms with Gasteiger partial charge >= 0.3 is 0 Å². The van der Waals surface area contributed by atoms with Gasteiger partial charge in [0.15, 0.2) is 0 Å². The molecule has 0 unspecified atom stereocenters. The van der Waals surface area contributed by atoms with Gasteiger partial charge < -0.3 is 0 Å². The highest BCUT2D eigenvalue weighted by Crippen LogP contribution is 2.32. The van der Waals surface area contributed by atoms with E-state index >= 15 is 0 Å². The van der Waals surface area contributed by atoms with E-state index in [0.29, 0.717) is 0 Å². The third-order valence-corrected chi connectivity index (χ3v) is 5.55. The average Bonchev–Trinajstić information content (AvgIpc) is 3.24. The summed E-state index contributed by atoms with van der Waals surface area (Å²) in [6, 6.07) is 21.0. The van der Waals surface area contributed by atoms with Crippen molar-refractivity contribution in [1.82, 2.24) is 4.98 Å². The van der Waals surface area contributed by atoms with Crippen LogP contribution in [-0.4, -0.2) is 4.98 Å². The molecule has 106 valence electrons. The van der Waals surface area contributed by atoms with Crippen LogP contribution in [0.5, 0.6) is 0 Å². The fraction of sp³-hybridized carbons (Fsp3) is 0. The first kappa shape index (κ1) is 13.4. The first-order valence-corrected chi connectivity index (χ1v) is 8.76. The van der Waals surface area contributed by atoms with E-state index in [1.165, 1.54) is 20.0 Å². The van der Waals surface area contributed by atoms with Gasteiger partial charge in [0.2, 0.25) is 0 Å². The zero-order chi connectivity index (χ0) is 14.8. The fourth-order valence-electron chi connectivity index (χ4n) is 2.34. The molecule has 22 heavy (non-hydrogen) atoms. The molecule has 0 saturated carbocycles. The Hall–Kier alpha value is -2.23. The Bertz CT molecular complexity index is 933. The van der Waals surface area contributed by atoms with Gasteiger partial charge in [-0.2, -0.15) is 0 Å². The lowest BCUT2D eigenvalue weighted by molar-refractivity contribution is 1.37. The van der Waals surface area contributed by atoms with Gasteiger partial charge in [0.05, 0.1) is 11.2 Å². The summed E-state index contributed by atoms with van der Waals surface area (Å²) in [7, 11) is 0. The van der Waals surface area contributed by atoms with Crippen LogP contribution < -0.4 is 0 Å². The van der Waals surface area contributed by atoms with Crippen molar-refractivity contribution in [2.45, 2.75) is 0 Å². The summed E-state index contributed by atoms with van der Waals surface area (Å²) in [6.45, 7) is 0. The van der Waals surface area contributed by atoms with Crippen LogP contribution >= 0.6 is 22.7 Å². The second-order valence-electron chi connectivity index (χ2n) is 4.94. The minimum atomic E-state index is 0.991. The molecule has 1 nitrogen and oxygen atoms in total. The van der Waals surface area contributed by atoms with Crippen molar-refractivity contribution in [3.8, 4) is 9.75 Å². The molecule has 3 aromatic heterocycles. The summed E-state index contributed by atoms with van der Waals surface area (Å²) in [4.78, 5) is 8.56. The molecule has 0 saturated heterocycles. The lowest BCUT2D eigenvalue weighted by Gasteiger charge is -1.97. The van der Waals surface area contributed by atoms with Gasteiger partial charge in [0.25, 0.3) is 0 Å². The molecule has 1 aromatic carbocycles. The quantitative estimate of drug-likeness (QED) is 0.438. The maximum absolute atomic E-state index is 4.67. The summed E-state index contributed by atoms with van der Waals surface area (Å²) in [5.41, 5.74) is 2.03. The van der Waals surface area contributed by atoms with Crippen molar-refractivity contribution in [2.24, 2.45) is 0 Å². The number of thiophene rings is 2. The van der Waals surface area contributed by atoms with Crippen LogP contribution in [0.2, 0.25) is 0 Å². The van der Waals surface area contributed by atoms with Gasteiger partial charge in [-0.25, -0.2) is 4.98 Å². The van der Waals surface area contributed by atoms with Crippen molar-refractivity contribution in [3.63, 3.8) is 0 Å². The van der Waals surface area contributed by atoms with Gasteiger partial charge in [0, 0.05) is 20.0 Å². The van der Waals surface area contributed by atoms with Crippen LogP contribution in [0.1, 0.15) is 10.6 Å². The molecule has 4 rings (SSSR count). The van der Waals surface area contributed by atoms with Gasteiger partial charge in [-0.15, -0.1) is 22.7 Å². The molecular formula is C19H13NS2. The Morgan fingerprint density at radius 2 is 1.73 bits per heavy atom. The number of hydrogen-bond donors (Lipinski definition) is 0. The highest BCUT2D eigenvalue weighted by atomic mass is 32.1. The SMILES string of the molecule is C(=C\c1ccc(-c2cccs2)s1)/c1ccc2ccccc2n1. The lowest BCUT2D eigenvalue weighted by atomic mass is 10.2. The van der Waals surface area contributed by atoms with E-state index in [2.05, 4.69) is 65.0 Å². The van der Waals surface area contributed by atoms with Crippen molar-refractivity contribution in [3.05, 3.63) is 76.6 Å². The van der Waals surface area contributed by atoms with Crippen LogP contribution in [-0.2, 0) is 0 Å². The molecule has 3 heterocycles. The van der Waals surface area contributed by atoms with Crippen molar-refractivity contribution >= 4 is 45.7 Å². The maximum atomic E-state index is 4.67. The third kappa shape index (κ3) is 2.73. The minimum Gasteiger partial charge on any atom is -0.248 e. The zero-order valence-electron chi connectivity index (χ0n) is 11.8. The number of nitrogens with zero attached hydrogens (tertiary/aromatic N) is 1. The number of rotatable bonds is 3. The topological polar surface area (TPSA) is 12.9 Å². The molecule has 0 aliphatic carbocycles. The molecule has 4 aromatic rings. The van der Waals surface area contributed by atoms with E-state index in [1.54, 1.807) is 11.3 Å². The van der Waals surface area contributed by atoms with Gasteiger partial charge in [-0.05, 0) is 47.9 Å². The van der Waals surface area contributed by atoms with E-state index in [9.17, 15) is 0 Å². The molecule has 0 atom stereocenters. The molecule has 0 fully saturated rings. The largest absolute Gasteiger partial charge is 0.248 e. The summed E-state index contributed by atoms with van der Waals surface area (Å²) in [6.07, 6.45) is 4.22. The Morgan fingerprint density at radius 3 is 2.64 bits per heavy atom. The Balaban J connectivity index is 1.60. The highest BCUT2D eigenvalue weighted by Gasteiger charge is 2.02. The summed E-state index contributed by atoms with van der Waals surface area (Å²) < 4.78 is 0. The maximum Gasteiger partial charge on any atom is 0.0709 e. The molecule has 0 bridgehead atoms. The number of benzene rings is 1. The van der Waals surface area contributed by atoms with Crippen LogP contribution in [0.15, 0.2) is 66.0 Å². The molecule has 0 aliphatic heterocycles. The Kier molecular flexibility index (Phi) is 3.59. The number of fused-ring (bicyclic) bond motifs is 1. The Labute approximate surface area is 137 Å². The van der Waals surface area contributed by atoms with Crippen molar-refractivity contribution in [2.75, 3.05) is 0 Å². The van der Waals surface area contributed by atoms with E-state index < -0.39 is 0 Å². The molecule has 0 aliphatic rings. The molecule has 0 amide bonds. The van der Waals surface area contributed by atoms with Crippen LogP contribution in [0.25, 0.3) is 32.8 Å². The molecule has 0 N–H and O–H groups in total. The van der Waals surface area contributed by atoms with Crippen LogP contribution in [0.3, 0.4) is 0 Å². The van der Waals surface area contributed by atoms with E-state index in [1.807, 2.05) is 29.5 Å². The normalized spacial score (nSPS) is 11.5. The van der Waals surface area contributed by atoms with Crippen molar-refractivity contribution in [1.29, 1.82) is 0 Å². The predicted octanol–water partition coefficient (Wildman–Crippen LogP) is 6.20. The van der Waals surface area contributed by atoms with Crippen LogP contribution in [0, 0.1) is 0 Å². The summed E-state index contributed by atoms with van der Waals surface area (Å²) in [5, 5.41) is 3.29. The molecule has 0 radical (unpaired) electrons. The summed E-state index contributed by atoms with van der Waals surface area (Å²) in [5.74, 6) is 0. The van der Waals surface area contributed by atoms with E-state index in [0.717, 1.165) is 11.2 Å². The van der Waals surface area contributed by atoms with Crippen LogP contribution in [0.4, 0.5) is 0 Å². The number of pyridine rings is 1. The minimum absolute atomic E-state index is 0.991. The zero-order valence-corrected chi connectivity index (χ0v) is 13.4. The number of hydrogen-bond acceptors (Lipinski definition) is 3. The predicted molar refractivity (Wildman–Crippen MR) is 98.3 cm³/mol. The number of aromatic nitrogens is 1. The standard InChI is InChI=1S/C19H13NS2/c1-2-5-17-14(4-1)7-8-15(20-17)9-10-16-11-12-19(22-16)18-6-3-13-21-18/h1-13H/b10-9+. The van der Waals surface area contributed by atoms with E-state index in [4.69, 9.17) is 0 Å².